The second-order valence-electron chi connectivity index (χ2n) is 7.84. The zero-order chi connectivity index (χ0) is 22.2. The van der Waals surface area contributed by atoms with E-state index in [1.165, 1.54) is 5.69 Å². The van der Waals surface area contributed by atoms with Crippen molar-refractivity contribution in [3.8, 4) is 17.2 Å². The summed E-state index contributed by atoms with van der Waals surface area (Å²) in [5.41, 5.74) is 2.96. The summed E-state index contributed by atoms with van der Waals surface area (Å²) in [6.45, 7) is 5.29. The molecule has 7 heteroatoms. The van der Waals surface area contributed by atoms with E-state index >= 15 is 0 Å². The molecule has 0 radical (unpaired) electrons. The normalized spacial score (nSPS) is 16.6. The van der Waals surface area contributed by atoms with Crippen molar-refractivity contribution in [2.45, 2.75) is 32.4 Å². The van der Waals surface area contributed by atoms with Gasteiger partial charge in [0.25, 0.3) is 0 Å². The Morgan fingerprint density at radius 1 is 1.22 bits per heavy atom. The van der Waals surface area contributed by atoms with Crippen LogP contribution in [0.5, 0.6) is 5.75 Å². The van der Waals surface area contributed by atoms with Crippen LogP contribution in [0.3, 0.4) is 0 Å². The highest BCUT2D eigenvalue weighted by molar-refractivity contribution is 5.80. The first-order valence-electron chi connectivity index (χ1n) is 11.2. The van der Waals surface area contributed by atoms with E-state index in [1.54, 1.807) is 13.4 Å². The molecule has 1 saturated heterocycles. The lowest BCUT2D eigenvalue weighted by Crippen LogP contribution is -2.51. The minimum Gasteiger partial charge on any atom is -0.497 e. The first kappa shape index (κ1) is 21.7. The monoisotopic (exact) mass is 433 g/mol. The number of aromatic nitrogens is 1. The van der Waals surface area contributed by atoms with Gasteiger partial charge in [0.05, 0.1) is 13.7 Å². The fourth-order valence-corrected chi connectivity index (χ4v) is 3.90. The average Bonchev–Trinajstić information content (AvgIpc) is 3.33. The third-order valence-corrected chi connectivity index (χ3v) is 5.50. The van der Waals surface area contributed by atoms with E-state index in [4.69, 9.17) is 14.1 Å². The van der Waals surface area contributed by atoms with Crippen LogP contribution in [-0.2, 0) is 6.54 Å². The van der Waals surface area contributed by atoms with Gasteiger partial charge in [-0.1, -0.05) is 24.3 Å². The molecular formula is C25H31N5O2. The van der Waals surface area contributed by atoms with Crippen molar-refractivity contribution in [1.29, 1.82) is 0 Å². The zero-order valence-corrected chi connectivity index (χ0v) is 18.8. The number of aliphatic imine (C=N–C) groups is 1. The summed E-state index contributed by atoms with van der Waals surface area (Å²) in [7, 11) is 1.70. The molecule has 2 heterocycles. The maximum atomic E-state index is 5.64. The van der Waals surface area contributed by atoms with Gasteiger partial charge in [-0.2, -0.15) is 0 Å². The molecule has 0 saturated carbocycles. The molecule has 0 amide bonds. The van der Waals surface area contributed by atoms with Gasteiger partial charge in [0.2, 0.25) is 5.89 Å². The third kappa shape index (κ3) is 5.60. The van der Waals surface area contributed by atoms with Gasteiger partial charge in [0, 0.05) is 43.0 Å². The van der Waals surface area contributed by atoms with E-state index < -0.39 is 0 Å². The molecule has 1 aliphatic rings. The number of methoxy groups -OCH3 is 1. The molecule has 32 heavy (non-hydrogen) atoms. The number of rotatable bonds is 7. The smallest absolute Gasteiger partial charge is 0.226 e. The second kappa shape index (κ2) is 10.7. The van der Waals surface area contributed by atoms with Crippen LogP contribution >= 0.6 is 0 Å². The molecule has 0 aliphatic carbocycles. The fourth-order valence-electron chi connectivity index (χ4n) is 3.90. The van der Waals surface area contributed by atoms with E-state index in [0.717, 1.165) is 55.4 Å². The molecule has 1 unspecified atom stereocenters. The quantitative estimate of drug-likeness (QED) is 0.432. The Hall–Kier alpha value is -3.48. The lowest BCUT2D eigenvalue weighted by Gasteiger charge is -2.35. The molecule has 2 N–H and O–H groups in total. The van der Waals surface area contributed by atoms with Crippen LogP contribution < -0.4 is 20.3 Å². The van der Waals surface area contributed by atoms with Crippen LogP contribution in [0.2, 0.25) is 0 Å². The minimum atomic E-state index is 0.310. The summed E-state index contributed by atoms with van der Waals surface area (Å²) in [5.74, 6) is 2.30. The molecule has 0 spiro atoms. The van der Waals surface area contributed by atoms with Crippen molar-refractivity contribution in [2.75, 3.05) is 31.6 Å². The lowest BCUT2D eigenvalue weighted by molar-refractivity contribution is 0.414. The van der Waals surface area contributed by atoms with Crippen molar-refractivity contribution in [3.63, 3.8) is 0 Å². The molecule has 0 bridgehead atoms. The van der Waals surface area contributed by atoms with Crippen molar-refractivity contribution in [2.24, 2.45) is 4.99 Å². The van der Waals surface area contributed by atoms with Gasteiger partial charge in [-0.3, -0.25) is 0 Å². The molecular weight excluding hydrogens is 402 g/mol. The first-order valence-corrected chi connectivity index (χ1v) is 11.2. The number of nitrogens with zero attached hydrogens (tertiary/aromatic N) is 3. The highest BCUT2D eigenvalue weighted by atomic mass is 16.5. The summed E-state index contributed by atoms with van der Waals surface area (Å²) < 4.78 is 11.0. The molecule has 2 aromatic carbocycles. The number of hydrogen-bond acceptors (Lipinski definition) is 5. The van der Waals surface area contributed by atoms with Gasteiger partial charge in [-0.15, -0.1) is 0 Å². The molecule has 1 aromatic heterocycles. The van der Waals surface area contributed by atoms with Gasteiger partial charge < -0.3 is 24.7 Å². The number of hydrogen-bond donors (Lipinski definition) is 2. The van der Waals surface area contributed by atoms with Crippen LogP contribution in [0.25, 0.3) is 11.5 Å². The molecule has 4 rings (SSSR count). The fraction of sp³-hybridized carbons (Fsp3) is 0.360. The Balaban J connectivity index is 1.39. The summed E-state index contributed by atoms with van der Waals surface area (Å²) in [6.07, 6.45) is 3.91. The number of oxazole rings is 1. The first-order chi connectivity index (χ1) is 15.7. The van der Waals surface area contributed by atoms with Gasteiger partial charge >= 0.3 is 0 Å². The Morgan fingerprint density at radius 2 is 2.09 bits per heavy atom. The lowest BCUT2D eigenvalue weighted by atomic mass is 10.0. The summed E-state index contributed by atoms with van der Waals surface area (Å²) in [5, 5.41) is 6.96. The van der Waals surface area contributed by atoms with E-state index in [0.29, 0.717) is 18.5 Å². The van der Waals surface area contributed by atoms with Crippen LogP contribution in [-0.4, -0.2) is 43.7 Å². The largest absolute Gasteiger partial charge is 0.497 e. The van der Waals surface area contributed by atoms with Gasteiger partial charge in [0.15, 0.2) is 5.96 Å². The van der Waals surface area contributed by atoms with Gasteiger partial charge in [-0.25, -0.2) is 9.98 Å². The number of anilines is 1. The highest BCUT2D eigenvalue weighted by Gasteiger charge is 2.21. The van der Waals surface area contributed by atoms with E-state index in [2.05, 4.69) is 39.6 Å². The van der Waals surface area contributed by atoms with E-state index in [9.17, 15) is 0 Å². The Bertz CT molecular complexity index is 1020. The maximum Gasteiger partial charge on any atom is 0.226 e. The zero-order valence-electron chi connectivity index (χ0n) is 18.8. The maximum absolute atomic E-state index is 5.64. The molecule has 1 atom stereocenters. The van der Waals surface area contributed by atoms with Crippen LogP contribution in [0.1, 0.15) is 25.5 Å². The van der Waals surface area contributed by atoms with E-state index in [1.807, 2.05) is 42.5 Å². The van der Waals surface area contributed by atoms with Crippen molar-refractivity contribution in [1.82, 2.24) is 15.6 Å². The Labute approximate surface area is 189 Å². The van der Waals surface area contributed by atoms with Crippen LogP contribution in [0.15, 0.2) is 70.3 Å². The highest BCUT2D eigenvalue weighted by Crippen LogP contribution is 2.24. The SMILES string of the molecule is CCNC(=NCc1coc(-c2ccccc2)n1)NC1CCCN(c2cccc(OC)c2)C1. The molecule has 1 fully saturated rings. The summed E-state index contributed by atoms with van der Waals surface area (Å²) in [4.78, 5) is 11.7. The summed E-state index contributed by atoms with van der Waals surface area (Å²) in [6, 6.07) is 18.5. The Morgan fingerprint density at radius 3 is 2.91 bits per heavy atom. The van der Waals surface area contributed by atoms with Gasteiger partial charge in [-0.05, 0) is 44.0 Å². The average molecular weight is 434 g/mol. The minimum absolute atomic E-state index is 0.310. The number of piperidine rings is 1. The number of ether oxygens (including phenoxy) is 1. The Kier molecular flexibility index (Phi) is 7.27. The number of benzene rings is 2. The third-order valence-electron chi connectivity index (χ3n) is 5.50. The predicted octanol–water partition coefficient (Wildman–Crippen LogP) is 4.07. The van der Waals surface area contributed by atoms with Crippen molar-refractivity contribution in [3.05, 3.63) is 66.6 Å². The standard InChI is InChI=1S/C25H31N5O2/c1-3-26-25(27-16-21-18-32-24(28-21)19-9-5-4-6-10-19)29-20-11-8-14-30(17-20)22-12-7-13-23(15-22)31-2/h4-7,9-10,12-13,15,18,20H,3,8,11,14,16-17H2,1-2H3,(H2,26,27,29). The molecule has 7 nitrogen and oxygen atoms in total. The topological polar surface area (TPSA) is 74.9 Å². The number of nitrogens with one attached hydrogen (secondary N) is 2. The van der Waals surface area contributed by atoms with Gasteiger partial charge in [0.1, 0.15) is 17.7 Å². The predicted molar refractivity (Wildman–Crippen MR) is 128 cm³/mol. The van der Waals surface area contributed by atoms with E-state index in [-0.39, 0.29) is 0 Å². The van der Waals surface area contributed by atoms with Crippen molar-refractivity contribution < 1.29 is 9.15 Å². The second-order valence-corrected chi connectivity index (χ2v) is 7.84. The van der Waals surface area contributed by atoms with Crippen molar-refractivity contribution >= 4 is 11.6 Å². The molecule has 168 valence electrons. The molecule has 1 aliphatic heterocycles. The molecule has 3 aromatic rings. The number of guanidine groups is 1. The van der Waals surface area contributed by atoms with Crippen LogP contribution in [0.4, 0.5) is 5.69 Å². The summed E-state index contributed by atoms with van der Waals surface area (Å²) >= 11 is 0. The van der Waals surface area contributed by atoms with Crippen LogP contribution in [0, 0.1) is 0 Å².